The van der Waals surface area contributed by atoms with Gasteiger partial charge in [-0.3, -0.25) is 4.79 Å². The van der Waals surface area contributed by atoms with Crippen LogP contribution in [-0.2, 0) is 9.47 Å². The first-order valence-electron chi connectivity index (χ1n) is 7.57. The van der Waals surface area contributed by atoms with Crippen molar-refractivity contribution in [2.45, 2.75) is 18.6 Å². The zero-order valence-corrected chi connectivity index (χ0v) is 14.1. The SMILES string of the molecule is CN(C)CCO[C@@H]1COCC[C@H]1NC(=O)c1ccc(Cl)cc1F. The molecular formula is C16H22ClFN2O3. The molecule has 7 heteroatoms. The Balaban J connectivity index is 1.96. The molecule has 0 saturated carbocycles. The molecule has 128 valence electrons. The normalized spacial score (nSPS) is 21.4. The van der Waals surface area contributed by atoms with Crippen LogP contribution in [0, 0.1) is 5.82 Å². The second kappa shape index (κ2) is 8.59. The van der Waals surface area contributed by atoms with E-state index < -0.39 is 11.7 Å². The molecule has 0 aliphatic carbocycles. The zero-order chi connectivity index (χ0) is 16.8. The van der Waals surface area contributed by atoms with Gasteiger partial charge in [0.2, 0.25) is 0 Å². The van der Waals surface area contributed by atoms with E-state index in [0.717, 1.165) is 12.6 Å². The number of hydrogen-bond donors (Lipinski definition) is 1. The molecule has 0 aromatic heterocycles. The third-order valence-corrected chi connectivity index (χ3v) is 3.90. The van der Waals surface area contributed by atoms with Crippen LogP contribution in [0.1, 0.15) is 16.8 Å². The number of nitrogens with zero attached hydrogens (tertiary/aromatic N) is 1. The molecule has 1 heterocycles. The third kappa shape index (κ3) is 5.42. The van der Waals surface area contributed by atoms with Crippen LogP contribution >= 0.6 is 11.6 Å². The molecule has 0 spiro atoms. The lowest BCUT2D eigenvalue weighted by Gasteiger charge is -2.32. The summed E-state index contributed by atoms with van der Waals surface area (Å²) in [7, 11) is 3.92. The highest BCUT2D eigenvalue weighted by Crippen LogP contribution is 2.17. The van der Waals surface area contributed by atoms with Gasteiger partial charge in [0, 0.05) is 18.2 Å². The van der Waals surface area contributed by atoms with E-state index in [9.17, 15) is 9.18 Å². The van der Waals surface area contributed by atoms with E-state index in [0.29, 0.717) is 26.2 Å². The molecule has 2 atom stereocenters. The summed E-state index contributed by atoms with van der Waals surface area (Å²) in [4.78, 5) is 14.3. The van der Waals surface area contributed by atoms with Crippen LogP contribution in [0.15, 0.2) is 18.2 Å². The van der Waals surface area contributed by atoms with Crippen LogP contribution in [0.3, 0.4) is 0 Å². The van der Waals surface area contributed by atoms with Crippen LogP contribution in [-0.4, -0.2) is 63.4 Å². The minimum Gasteiger partial charge on any atom is -0.379 e. The van der Waals surface area contributed by atoms with E-state index in [1.807, 2.05) is 19.0 Å². The molecule has 1 fully saturated rings. The maximum atomic E-state index is 13.8. The summed E-state index contributed by atoms with van der Waals surface area (Å²) in [6.07, 6.45) is 0.399. The fourth-order valence-corrected chi connectivity index (χ4v) is 2.51. The van der Waals surface area contributed by atoms with E-state index in [1.54, 1.807) is 0 Å². The number of carbonyl (C=O) groups excluding carboxylic acids is 1. The molecule has 1 aromatic carbocycles. The standard InChI is InChI=1S/C16H22ClFN2O3/c1-20(2)6-8-23-15-10-22-7-5-14(15)19-16(21)12-4-3-11(17)9-13(12)18/h3-4,9,14-15H,5-8,10H2,1-2H3,(H,19,21)/t14-,15-/m1/s1. The number of rotatable bonds is 6. The van der Waals surface area contributed by atoms with Crippen molar-refractivity contribution in [3.63, 3.8) is 0 Å². The van der Waals surface area contributed by atoms with Crippen LogP contribution in [0.2, 0.25) is 5.02 Å². The average molecular weight is 345 g/mol. The Morgan fingerprint density at radius 1 is 1.52 bits per heavy atom. The van der Waals surface area contributed by atoms with Gasteiger partial charge in [-0.05, 0) is 38.7 Å². The van der Waals surface area contributed by atoms with Crippen molar-refractivity contribution in [1.29, 1.82) is 0 Å². The predicted molar refractivity (Wildman–Crippen MR) is 86.4 cm³/mol. The van der Waals surface area contributed by atoms with Crippen molar-refractivity contribution in [2.24, 2.45) is 0 Å². The second-order valence-electron chi connectivity index (χ2n) is 5.78. The minimum atomic E-state index is -0.632. The molecule has 0 bridgehead atoms. The van der Waals surface area contributed by atoms with Gasteiger partial charge in [0.05, 0.1) is 24.8 Å². The Bertz CT molecular complexity index is 542. The summed E-state index contributed by atoms with van der Waals surface area (Å²) in [6.45, 7) is 2.29. The van der Waals surface area contributed by atoms with Gasteiger partial charge in [-0.1, -0.05) is 11.6 Å². The van der Waals surface area contributed by atoms with Gasteiger partial charge in [0.1, 0.15) is 11.9 Å². The van der Waals surface area contributed by atoms with Crippen molar-refractivity contribution in [1.82, 2.24) is 10.2 Å². The van der Waals surface area contributed by atoms with Crippen molar-refractivity contribution < 1.29 is 18.7 Å². The zero-order valence-electron chi connectivity index (χ0n) is 13.4. The van der Waals surface area contributed by atoms with E-state index >= 15 is 0 Å². The van der Waals surface area contributed by atoms with Crippen molar-refractivity contribution in [3.05, 3.63) is 34.6 Å². The number of amides is 1. The van der Waals surface area contributed by atoms with Gasteiger partial charge in [-0.25, -0.2) is 4.39 Å². The summed E-state index contributed by atoms with van der Waals surface area (Å²) < 4.78 is 25.0. The first kappa shape index (κ1) is 18.1. The monoisotopic (exact) mass is 344 g/mol. The van der Waals surface area contributed by atoms with E-state index in [1.165, 1.54) is 12.1 Å². The lowest BCUT2D eigenvalue weighted by Crippen LogP contribution is -2.50. The number of hydrogen-bond acceptors (Lipinski definition) is 4. The summed E-state index contributed by atoms with van der Waals surface area (Å²) >= 11 is 5.71. The van der Waals surface area contributed by atoms with Gasteiger partial charge in [0.25, 0.3) is 5.91 Å². The molecule has 1 saturated heterocycles. The third-order valence-electron chi connectivity index (χ3n) is 3.67. The Hall–Kier alpha value is -1.21. The Kier molecular flexibility index (Phi) is 6.77. The fourth-order valence-electron chi connectivity index (χ4n) is 2.35. The van der Waals surface area contributed by atoms with Gasteiger partial charge in [-0.2, -0.15) is 0 Å². The molecule has 2 rings (SSSR count). The molecule has 5 nitrogen and oxygen atoms in total. The summed E-state index contributed by atoms with van der Waals surface area (Å²) in [5.41, 5.74) is -0.0204. The number of carbonyl (C=O) groups is 1. The van der Waals surface area contributed by atoms with Gasteiger partial charge in [-0.15, -0.1) is 0 Å². The van der Waals surface area contributed by atoms with Crippen LogP contribution < -0.4 is 5.32 Å². The lowest BCUT2D eigenvalue weighted by molar-refractivity contribution is -0.0691. The van der Waals surface area contributed by atoms with Crippen molar-refractivity contribution in [2.75, 3.05) is 40.5 Å². The van der Waals surface area contributed by atoms with Crippen molar-refractivity contribution in [3.8, 4) is 0 Å². The lowest BCUT2D eigenvalue weighted by atomic mass is 10.0. The van der Waals surface area contributed by atoms with Crippen molar-refractivity contribution >= 4 is 17.5 Å². The Labute approximate surface area is 140 Å². The summed E-state index contributed by atoms with van der Waals surface area (Å²) in [6, 6.07) is 3.81. The highest BCUT2D eigenvalue weighted by molar-refractivity contribution is 6.30. The topological polar surface area (TPSA) is 50.8 Å². The quantitative estimate of drug-likeness (QED) is 0.857. The maximum absolute atomic E-state index is 13.8. The van der Waals surface area contributed by atoms with Gasteiger partial charge >= 0.3 is 0 Å². The average Bonchev–Trinajstić information content (AvgIpc) is 2.48. The first-order chi connectivity index (χ1) is 11.0. The largest absolute Gasteiger partial charge is 0.379 e. The molecule has 1 N–H and O–H groups in total. The molecule has 1 aromatic rings. The second-order valence-corrected chi connectivity index (χ2v) is 6.22. The molecule has 1 amide bonds. The molecule has 1 aliphatic heterocycles. The molecular weight excluding hydrogens is 323 g/mol. The van der Waals surface area contributed by atoms with Crippen LogP contribution in [0.25, 0.3) is 0 Å². The minimum absolute atomic E-state index is 0.0204. The number of nitrogens with one attached hydrogen (secondary N) is 1. The van der Waals surface area contributed by atoms with E-state index in [2.05, 4.69) is 5.32 Å². The smallest absolute Gasteiger partial charge is 0.254 e. The maximum Gasteiger partial charge on any atom is 0.254 e. The predicted octanol–water partition coefficient (Wildman–Crippen LogP) is 1.94. The number of ether oxygens (including phenoxy) is 2. The number of benzene rings is 1. The molecule has 0 unspecified atom stereocenters. The molecule has 0 radical (unpaired) electrons. The Morgan fingerprint density at radius 3 is 3.00 bits per heavy atom. The molecule has 1 aliphatic rings. The summed E-state index contributed by atoms with van der Waals surface area (Å²) in [5, 5.41) is 3.10. The highest BCUT2D eigenvalue weighted by atomic mass is 35.5. The summed E-state index contributed by atoms with van der Waals surface area (Å²) in [5.74, 6) is -1.10. The number of likely N-dealkylation sites (N-methyl/N-ethyl adjacent to an activating group) is 1. The van der Waals surface area contributed by atoms with Crippen LogP contribution in [0.5, 0.6) is 0 Å². The highest BCUT2D eigenvalue weighted by Gasteiger charge is 2.28. The van der Waals surface area contributed by atoms with Gasteiger partial charge in [0.15, 0.2) is 0 Å². The van der Waals surface area contributed by atoms with Crippen LogP contribution in [0.4, 0.5) is 4.39 Å². The van der Waals surface area contributed by atoms with E-state index in [-0.39, 0.29) is 22.7 Å². The molecule has 23 heavy (non-hydrogen) atoms. The Morgan fingerprint density at radius 2 is 2.30 bits per heavy atom. The fraction of sp³-hybridized carbons (Fsp3) is 0.562. The number of halogens is 2. The van der Waals surface area contributed by atoms with E-state index in [4.69, 9.17) is 21.1 Å². The van der Waals surface area contributed by atoms with Gasteiger partial charge < -0.3 is 19.7 Å². The first-order valence-corrected chi connectivity index (χ1v) is 7.95.